The number of rotatable bonds is 8. The molecule has 0 bridgehead atoms. The molecule has 0 aliphatic carbocycles. The first-order valence-corrected chi connectivity index (χ1v) is 14.4. The van der Waals surface area contributed by atoms with Crippen LogP contribution in [0.5, 0.6) is 0 Å². The molecule has 1 aliphatic heterocycles. The van der Waals surface area contributed by atoms with Gasteiger partial charge in [-0.2, -0.15) is 0 Å². The number of hydrogen-bond acceptors (Lipinski definition) is 4. The van der Waals surface area contributed by atoms with Crippen molar-refractivity contribution in [1.82, 2.24) is 9.62 Å². The maximum atomic E-state index is 12.9. The second-order valence-electron chi connectivity index (χ2n) is 8.53. The average Bonchev–Trinajstić information content (AvgIpc) is 2.89. The van der Waals surface area contributed by atoms with Crippen LogP contribution in [0.15, 0.2) is 76.1 Å². The Bertz CT molecular complexity index is 1310. The van der Waals surface area contributed by atoms with Gasteiger partial charge in [0.05, 0.1) is 27.7 Å². The summed E-state index contributed by atoms with van der Waals surface area (Å²) < 4.78 is 34.7. The van der Waals surface area contributed by atoms with Crippen LogP contribution >= 0.6 is 39.1 Å². The normalized spacial score (nSPS) is 14.7. The third kappa shape index (κ3) is 7.09. The quantitative estimate of drug-likeness (QED) is 0.336. The Hall–Kier alpha value is -1.94. The summed E-state index contributed by atoms with van der Waals surface area (Å²) >= 11 is 15.2. The van der Waals surface area contributed by atoms with Gasteiger partial charge < -0.3 is 9.64 Å². The Balaban J connectivity index is 1.26. The average molecular weight is 612 g/mol. The number of carbonyl (C=O) groups excluding carboxylic acids is 1. The summed E-state index contributed by atoms with van der Waals surface area (Å²) in [5.74, 6) is -0.0377. The van der Waals surface area contributed by atoms with Crippen LogP contribution in [0.1, 0.15) is 34.3 Å². The van der Waals surface area contributed by atoms with E-state index in [1.165, 1.54) is 18.2 Å². The molecule has 1 N–H and O–H groups in total. The number of benzene rings is 3. The minimum atomic E-state index is -3.75. The van der Waals surface area contributed by atoms with Gasteiger partial charge in [-0.15, -0.1) is 0 Å². The van der Waals surface area contributed by atoms with E-state index in [0.29, 0.717) is 25.3 Å². The molecule has 0 radical (unpaired) electrons. The number of ether oxygens (including phenoxy) is 1. The maximum absolute atomic E-state index is 12.9. The molecule has 4 rings (SSSR count). The van der Waals surface area contributed by atoms with Gasteiger partial charge >= 0.3 is 0 Å². The summed E-state index contributed by atoms with van der Waals surface area (Å²) in [6, 6.07) is 19.1. The van der Waals surface area contributed by atoms with Crippen LogP contribution in [-0.4, -0.2) is 38.4 Å². The van der Waals surface area contributed by atoms with E-state index in [0.717, 1.165) is 28.4 Å². The SMILES string of the molecule is O=C(c1ccc(CNS(=O)(=O)c2ccc(Cl)c(Cl)c2)cc1)N1CCC(OCc2ccc(Br)cc2)CC1. The van der Waals surface area contributed by atoms with Crippen LogP contribution in [0.25, 0.3) is 0 Å². The Kier molecular flexibility index (Phi) is 9.09. The molecular formula is C26H25BrCl2N2O4S. The molecule has 0 saturated carbocycles. The molecule has 0 atom stereocenters. The smallest absolute Gasteiger partial charge is 0.253 e. The van der Waals surface area contributed by atoms with Crippen LogP contribution in [0, 0.1) is 0 Å². The van der Waals surface area contributed by atoms with Crippen molar-refractivity contribution < 1.29 is 17.9 Å². The molecule has 6 nitrogen and oxygen atoms in total. The summed E-state index contributed by atoms with van der Waals surface area (Å²) in [5.41, 5.74) is 2.42. The van der Waals surface area contributed by atoms with Crippen LogP contribution in [0.2, 0.25) is 10.0 Å². The fourth-order valence-corrected chi connectivity index (χ4v) is 5.54. The number of piperidine rings is 1. The topological polar surface area (TPSA) is 75.7 Å². The first-order valence-electron chi connectivity index (χ1n) is 11.4. The zero-order valence-electron chi connectivity index (χ0n) is 19.3. The van der Waals surface area contributed by atoms with Gasteiger partial charge in [0.15, 0.2) is 0 Å². The van der Waals surface area contributed by atoms with Crippen LogP contribution in [-0.2, 0) is 27.9 Å². The van der Waals surface area contributed by atoms with Crippen molar-refractivity contribution >= 4 is 55.1 Å². The van der Waals surface area contributed by atoms with Gasteiger partial charge in [0.25, 0.3) is 5.91 Å². The molecule has 0 unspecified atom stereocenters. The van der Waals surface area contributed by atoms with Crippen molar-refractivity contribution in [3.63, 3.8) is 0 Å². The number of likely N-dealkylation sites (tertiary alicyclic amines) is 1. The largest absolute Gasteiger partial charge is 0.373 e. The zero-order valence-corrected chi connectivity index (χ0v) is 23.2. The number of nitrogens with zero attached hydrogens (tertiary/aromatic N) is 1. The molecule has 1 amide bonds. The maximum Gasteiger partial charge on any atom is 0.253 e. The molecule has 10 heteroatoms. The Labute approximate surface area is 229 Å². The second-order valence-corrected chi connectivity index (χ2v) is 12.0. The Morgan fingerprint density at radius 3 is 2.22 bits per heavy atom. The molecule has 1 saturated heterocycles. The highest BCUT2D eigenvalue weighted by molar-refractivity contribution is 9.10. The summed E-state index contributed by atoms with van der Waals surface area (Å²) in [4.78, 5) is 14.8. The van der Waals surface area contributed by atoms with Gasteiger partial charge in [-0.05, 0) is 66.4 Å². The predicted molar refractivity (Wildman–Crippen MR) is 145 cm³/mol. The minimum Gasteiger partial charge on any atom is -0.373 e. The van der Waals surface area contributed by atoms with Crippen molar-refractivity contribution in [2.24, 2.45) is 0 Å². The third-order valence-corrected chi connectivity index (χ3v) is 8.66. The lowest BCUT2D eigenvalue weighted by atomic mass is 10.1. The van der Waals surface area contributed by atoms with E-state index in [2.05, 4.69) is 20.7 Å². The molecule has 1 aliphatic rings. The summed E-state index contributed by atoms with van der Waals surface area (Å²) in [5, 5.41) is 0.455. The first-order chi connectivity index (χ1) is 17.2. The minimum absolute atomic E-state index is 0.0351. The van der Waals surface area contributed by atoms with E-state index in [4.69, 9.17) is 27.9 Å². The summed E-state index contributed by atoms with van der Waals surface area (Å²) in [6.45, 7) is 1.91. The molecule has 1 fully saturated rings. The monoisotopic (exact) mass is 610 g/mol. The lowest BCUT2D eigenvalue weighted by molar-refractivity contribution is -0.000384. The number of hydrogen-bond donors (Lipinski definition) is 1. The van der Waals surface area contributed by atoms with Crippen molar-refractivity contribution in [2.45, 2.75) is 37.0 Å². The molecule has 0 aromatic heterocycles. The molecule has 1 heterocycles. The Morgan fingerprint density at radius 2 is 1.58 bits per heavy atom. The fourth-order valence-electron chi connectivity index (χ4n) is 3.87. The van der Waals surface area contributed by atoms with Gasteiger partial charge in [-0.25, -0.2) is 13.1 Å². The number of nitrogens with one attached hydrogen (secondary N) is 1. The fraction of sp³-hybridized carbons (Fsp3) is 0.269. The zero-order chi connectivity index (χ0) is 25.7. The van der Waals surface area contributed by atoms with Crippen LogP contribution < -0.4 is 4.72 Å². The van der Waals surface area contributed by atoms with E-state index in [1.807, 2.05) is 29.2 Å². The standard InChI is InChI=1S/C26H25BrCl2N2O4S/c27-21-7-3-19(4-8-21)17-35-22-11-13-31(14-12-22)26(32)20-5-1-18(2-6-20)16-30-36(33,34)23-9-10-24(28)25(29)15-23/h1-10,15,22,30H,11-14,16-17H2. The lowest BCUT2D eigenvalue weighted by Crippen LogP contribution is -2.40. The highest BCUT2D eigenvalue weighted by Gasteiger charge is 2.24. The molecule has 3 aromatic rings. The summed E-state index contributed by atoms with van der Waals surface area (Å²) in [7, 11) is -3.75. The lowest BCUT2D eigenvalue weighted by Gasteiger charge is -2.32. The predicted octanol–water partition coefficient (Wildman–Crippen LogP) is 6.06. The molecule has 0 spiro atoms. The molecule has 3 aromatic carbocycles. The van der Waals surface area contributed by atoms with E-state index in [-0.39, 0.29) is 33.5 Å². The van der Waals surface area contributed by atoms with E-state index >= 15 is 0 Å². The van der Waals surface area contributed by atoms with Crippen LogP contribution in [0.3, 0.4) is 0 Å². The van der Waals surface area contributed by atoms with E-state index < -0.39 is 10.0 Å². The van der Waals surface area contributed by atoms with Gasteiger partial charge in [-0.3, -0.25) is 4.79 Å². The highest BCUT2D eigenvalue weighted by atomic mass is 79.9. The second kappa shape index (κ2) is 12.1. The third-order valence-electron chi connectivity index (χ3n) is 6.00. The Morgan fingerprint density at radius 1 is 0.944 bits per heavy atom. The van der Waals surface area contributed by atoms with Crippen molar-refractivity contribution in [3.05, 3.63) is 97.9 Å². The molecule has 36 heavy (non-hydrogen) atoms. The summed E-state index contributed by atoms with van der Waals surface area (Å²) in [6.07, 6.45) is 1.71. The van der Waals surface area contributed by atoms with Crippen molar-refractivity contribution in [2.75, 3.05) is 13.1 Å². The van der Waals surface area contributed by atoms with Crippen LogP contribution in [0.4, 0.5) is 0 Å². The number of amides is 1. The van der Waals surface area contributed by atoms with Crippen molar-refractivity contribution in [1.29, 1.82) is 0 Å². The molecular weight excluding hydrogens is 587 g/mol. The molecule has 190 valence electrons. The number of sulfonamides is 1. The van der Waals surface area contributed by atoms with Gasteiger partial charge in [0.2, 0.25) is 10.0 Å². The number of halogens is 3. The van der Waals surface area contributed by atoms with Crippen molar-refractivity contribution in [3.8, 4) is 0 Å². The number of carbonyl (C=O) groups is 1. The van der Waals surface area contributed by atoms with E-state index in [9.17, 15) is 13.2 Å². The van der Waals surface area contributed by atoms with Gasteiger partial charge in [-0.1, -0.05) is 63.4 Å². The first kappa shape index (κ1) is 27.1. The van der Waals surface area contributed by atoms with Gasteiger partial charge in [0.1, 0.15) is 0 Å². The van der Waals surface area contributed by atoms with Gasteiger partial charge in [0, 0.05) is 29.7 Å². The highest BCUT2D eigenvalue weighted by Crippen LogP contribution is 2.25. The van der Waals surface area contributed by atoms with E-state index in [1.54, 1.807) is 24.3 Å².